The lowest BCUT2D eigenvalue weighted by Gasteiger charge is -2.35. The fraction of sp³-hybridized carbons (Fsp3) is 0.500. The first-order chi connectivity index (χ1) is 7.35. The van der Waals surface area contributed by atoms with Crippen LogP contribution in [-0.2, 0) is 4.84 Å². The van der Waals surface area contributed by atoms with Crippen molar-refractivity contribution in [2.45, 2.75) is 24.8 Å². The van der Waals surface area contributed by atoms with E-state index < -0.39 is 0 Å². The van der Waals surface area contributed by atoms with Crippen molar-refractivity contribution in [3.8, 4) is 5.75 Å². The number of ether oxygens (including phenoxy) is 1. The maximum atomic E-state index is 5.35. The van der Waals surface area contributed by atoms with Gasteiger partial charge in [-0.05, 0) is 30.4 Å². The molecule has 3 nitrogen and oxygen atoms in total. The number of nitrogens with one attached hydrogen (secondary N) is 1. The summed E-state index contributed by atoms with van der Waals surface area (Å²) in [6.45, 7) is 0. The fourth-order valence-corrected chi connectivity index (χ4v) is 2.14. The van der Waals surface area contributed by atoms with Gasteiger partial charge in [0, 0.05) is 6.04 Å². The van der Waals surface area contributed by atoms with Crippen LogP contribution in [0.25, 0.3) is 0 Å². The molecule has 0 amide bonds. The number of benzene rings is 1. The molecule has 2 rings (SSSR count). The molecular formula is C12H17NO2. The minimum atomic E-state index is 0.491. The van der Waals surface area contributed by atoms with E-state index in [9.17, 15) is 0 Å². The zero-order valence-corrected chi connectivity index (χ0v) is 9.19. The Labute approximate surface area is 90.3 Å². The molecule has 0 radical (unpaired) electrons. The third-order valence-corrected chi connectivity index (χ3v) is 3.00. The summed E-state index contributed by atoms with van der Waals surface area (Å²) in [6, 6.07) is 8.73. The van der Waals surface area contributed by atoms with Gasteiger partial charge in [0.1, 0.15) is 5.75 Å². The minimum absolute atomic E-state index is 0.491. The Kier molecular flexibility index (Phi) is 3.23. The minimum Gasteiger partial charge on any atom is -0.496 e. The molecule has 0 atom stereocenters. The topological polar surface area (TPSA) is 30.5 Å². The number of hydroxylamine groups is 1. The van der Waals surface area contributed by atoms with Crippen LogP contribution in [0, 0.1) is 0 Å². The van der Waals surface area contributed by atoms with E-state index in [1.165, 1.54) is 5.56 Å². The Balaban J connectivity index is 2.00. The zero-order valence-electron chi connectivity index (χ0n) is 9.19. The van der Waals surface area contributed by atoms with Gasteiger partial charge in [-0.3, -0.25) is 0 Å². The standard InChI is InChI=1S/C12H17NO2/c1-14-12-6-4-3-5-11(12)9-7-10(8-9)13-15-2/h3-6,9-10,13H,7-8H2,1-2H3. The van der Waals surface area contributed by atoms with Gasteiger partial charge in [0.25, 0.3) is 0 Å². The van der Waals surface area contributed by atoms with Crippen molar-refractivity contribution in [2.75, 3.05) is 14.2 Å². The van der Waals surface area contributed by atoms with Gasteiger partial charge in [0.2, 0.25) is 0 Å². The van der Waals surface area contributed by atoms with Crippen LogP contribution >= 0.6 is 0 Å². The van der Waals surface area contributed by atoms with Gasteiger partial charge in [0.05, 0.1) is 14.2 Å². The van der Waals surface area contributed by atoms with Crippen molar-refractivity contribution in [1.29, 1.82) is 0 Å². The van der Waals surface area contributed by atoms with Crippen molar-refractivity contribution in [1.82, 2.24) is 5.48 Å². The van der Waals surface area contributed by atoms with Crippen LogP contribution in [0.1, 0.15) is 24.3 Å². The van der Waals surface area contributed by atoms with Crippen molar-refractivity contribution in [3.63, 3.8) is 0 Å². The summed E-state index contributed by atoms with van der Waals surface area (Å²) in [5, 5.41) is 0. The summed E-state index contributed by atoms with van der Waals surface area (Å²) in [6.07, 6.45) is 2.24. The second kappa shape index (κ2) is 4.64. The number of methoxy groups -OCH3 is 1. The Morgan fingerprint density at radius 1 is 1.20 bits per heavy atom. The van der Waals surface area contributed by atoms with E-state index in [1.807, 2.05) is 12.1 Å². The molecule has 0 aliphatic heterocycles. The number of rotatable bonds is 4. The summed E-state index contributed by atoms with van der Waals surface area (Å²) in [5.41, 5.74) is 4.29. The second-order valence-electron chi connectivity index (χ2n) is 3.93. The van der Waals surface area contributed by atoms with Crippen LogP contribution in [0.4, 0.5) is 0 Å². The Bertz CT molecular complexity index is 321. The van der Waals surface area contributed by atoms with E-state index in [0.717, 1.165) is 18.6 Å². The van der Waals surface area contributed by atoms with Crippen LogP contribution in [0.2, 0.25) is 0 Å². The van der Waals surface area contributed by atoms with Crippen LogP contribution in [0.3, 0.4) is 0 Å². The summed E-state index contributed by atoms with van der Waals surface area (Å²) in [4.78, 5) is 4.91. The van der Waals surface area contributed by atoms with E-state index in [0.29, 0.717) is 12.0 Å². The summed E-state index contributed by atoms with van der Waals surface area (Å²) in [7, 11) is 3.39. The van der Waals surface area contributed by atoms with Gasteiger partial charge in [-0.15, -0.1) is 0 Å². The molecule has 1 aliphatic carbocycles. The smallest absolute Gasteiger partial charge is 0.122 e. The van der Waals surface area contributed by atoms with E-state index in [-0.39, 0.29) is 0 Å². The maximum Gasteiger partial charge on any atom is 0.122 e. The molecule has 82 valence electrons. The highest BCUT2D eigenvalue weighted by atomic mass is 16.6. The Hall–Kier alpha value is -1.06. The van der Waals surface area contributed by atoms with Gasteiger partial charge in [0.15, 0.2) is 0 Å². The van der Waals surface area contributed by atoms with Crippen LogP contribution in [0.15, 0.2) is 24.3 Å². The zero-order chi connectivity index (χ0) is 10.7. The lowest BCUT2D eigenvalue weighted by atomic mass is 9.76. The molecule has 15 heavy (non-hydrogen) atoms. The third-order valence-electron chi connectivity index (χ3n) is 3.00. The monoisotopic (exact) mass is 207 g/mol. The average Bonchev–Trinajstić information content (AvgIpc) is 2.23. The highest BCUT2D eigenvalue weighted by molar-refractivity contribution is 5.37. The first-order valence-electron chi connectivity index (χ1n) is 5.26. The molecule has 0 bridgehead atoms. The molecule has 0 heterocycles. The van der Waals surface area contributed by atoms with Crippen LogP contribution < -0.4 is 10.2 Å². The van der Waals surface area contributed by atoms with Gasteiger partial charge < -0.3 is 9.57 Å². The largest absolute Gasteiger partial charge is 0.496 e. The first kappa shape index (κ1) is 10.5. The van der Waals surface area contributed by atoms with Crippen molar-refractivity contribution >= 4 is 0 Å². The van der Waals surface area contributed by atoms with Gasteiger partial charge in [-0.2, -0.15) is 5.48 Å². The molecule has 1 aliphatic rings. The highest BCUT2D eigenvalue weighted by Crippen LogP contribution is 2.40. The fourth-order valence-electron chi connectivity index (χ4n) is 2.14. The number of hydrogen-bond donors (Lipinski definition) is 1. The quantitative estimate of drug-likeness (QED) is 0.767. The van der Waals surface area contributed by atoms with Gasteiger partial charge >= 0.3 is 0 Å². The molecule has 0 aromatic heterocycles. The molecule has 1 fully saturated rings. The number of hydrogen-bond acceptors (Lipinski definition) is 3. The van der Waals surface area contributed by atoms with Crippen LogP contribution in [-0.4, -0.2) is 20.3 Å². The molecule has 0 spiro atoms. The SMILES string of the molecule is CONC1CC(c2ccccc2OC)C1. The lowest BCUT2D eigenvalue weighted by molar-refractivity contribution is 0.0282. The van der Waals surface area contributed by atoms with Crippen LogP contribution in [0.5, 0.6) is 5.75 Å². The van der Waals surface area contributed by atoms with E-state index >= 15 is 0 Å². The van der Waals surface area contributed by atoms with E-state index in [1.54, 1.807) is 14.2 Å². The summed E-state index contributed by atoms with van der Waals surface area (Å²) in [5.74, 6) is 1.60. The Morgan fingerprint density at radius 3 is 2.60 bits per heavy atom. The molecular weight excluding hydrogens is 190 g/mol. The molecule has 1 aromatic carbocycles. The number of para-hydroxylation sites is 1. The van der Waals surface area contributed by atoms with Gasteiger partial charge in [-0.25, -0.2) is 0 Å². The van der Waals surface area contributed by atoms with Crippen molar-refractivity contribution in [2.24, 2.45) is 0 Å². The molecule has 1 aromatic rings. The summed E-state index contributed by atoms with van der Waals surface area (Å²) >= 11 is 0. The average molecular weight is 207 g/mol. The first-order valence-corrected chi connectivity index (χ1v) is 5.26. The molecule has 3 heteroatoms. The molecule has 0 unspecified atom stereocenters. The molecule has 1 N–H and O–H groups in total. The predicted octanol–water partition coefficient (Wildman–Crippen LogP) is 2.09. The van der Waals surface area contributed by atoms with E-state index in [2.05, 4.69) is 17.6 Å². The third kappa shape index (κ3) is 2.13. The van der Waals surface area contributed by atoms with Crippen molar-refractivity contribution in [3.05, 3.63) is 29.8 Å². The molecule has 1 saturated carbocycles. The second-order valence-corrected chi connectivity index (χ2v) is 3.93. The molecule has 0 saturated heterocycles. The maximum absolute atomic E-state index is 5.35. The lowest BCUT2D eigenvalue weighted by Crippen LogP contribution is -2.39. The summed E-state index contributed by atoms with van der Waals surface area (Å²) < 4.78 is 5.35. The van der Waals surface area contributed by atoms with Gasteiger partial charge in [-0.1, -0.05) is 18.2 Å². The highest BCUT2D eigenvalue weighted by Gasteiger charge is 2.31. The van der Waals surface area contributed by atoms with E-state index in [4.69, 9.17) is 9.57 Å². The van der Waals surface area contributed by atoms with Crippen molar-refractivity contribution < 1.29 is 9.57 Å². The Morgan fingerprint density at radius 2 is 1.93 bits per heavy atom. The normalized spacial score (nSPS) is 24.7. The predicted molar refractivity (Wildman–Crippen MR) is 58.9 cm³/mol.